The molecule has 0 heterocycles. The van der Waals surface area contributed by atoms with Gasteiger partial charge in [-0.05, 0) is 67.3 Å². The lowest BCUT2D eigenvalue weighted by Gasteiger charge is -2.56. The van der Waals surface area contributed by atoms with Gasteiger partial charge in [-0.25, -0.2) is 0 Å². The Hall–Kier alpha value is -1.84. The Morgan fingerprint density at radius 2 is 1.48 bits per heavy atom. The fraction of sp³-hybridized carbons (Fsp3) is 0.619. The maximum Gasteiger partial charge on any atom is 0.239 e. The molecule has 4 fully saturated rings. The van der Waals surface area contributed by atoms with Crippen molar-refractivity contribution in [1.82, 2.24) is 10.6 Å². The number of hydrogen-bond acceptors (Lipinski definition) is 2. The van der Waals surface area contributed by atoms with Crippen LogP contribution in [0, 0.1) is 23.2 Å². The molecule has 5 rings (SSSR count). The molecule has 0 atom stereocenters. The molecule has 0 aromatic heterocycles. The third-order valence-corrected chi connectivity index (χ3v) is 6.48. The lowest BCUT2D eigenvalue weighted by atomic mass is 9.49. The molecule has 4 bridgehead atoms. The van der Waals surface area contributed by atoms with Gasteiger partial charge in [0, 0.05) is 6.54 Å². The minimum absolute atomic E-state index is 0.0582. The highest BCUT2D eigenvalue weighted by atomic mass is 16.2. The van der Waals surface area contributed by atoms with Gasteiger partial charge in [0.05, 0.1) is 13.0 Å². The Balaban J connectivity index is 1.21. The van der Waals surface area contributed by atoms with Crippen molar-refractivity contribution in [2.45, 2.75) is 44.9 Å². The van der Waals surface area contributed by atoms with Crippen LogP contribution in [0.4, 0.5) is 0 Å². The largest absolute Gasteiger partial charge is 0.354 e. The smallest absolute Gasteiger partial charge is 0.239 e. The predicted molar refractivity (Wildman–Crippen MR) is 96.8 cm³/mol. The molecular formula is C21H28N2O2. The molecule has 1 aromatic carbocycles. The molecule has 25 heavy (non-hydrogen) atoms. The quantitative estimate of drug-likeness (QED) is 0.836. The van der Waals surface area contributed by atoms with Crippen molar-refractivity contribution in [3.8, 4) is 0 Å². The van der Waals surface area contributed by atoms with Gasteiger partial charge in [-0.1, -0.05) is 30.3 Å². The molecule has 4 aliphatic carbocycles. The summed E-state index contributed by atoms with van der Waals surface area (Å²) in [5, 5.41) is 5.84. The average molecular weight is 340 g/mol. The molecule has 134 valence electrons. The van der Waals surface area contributed by atoms with E-state index in [1.807, 2.05) is 30.3 Å². The van der Waals surface area contributed by atoms with Gasteiger partial charge in [0.1, 0.15) is 0 Å². The Morgan fingerprint density at radius 3 is 2.08 bits per heavy atom. The topological polar surface area (TPSA) is 58.2 Å². The SMILES string of the molecule is O=C(CNC(=O)Cc1ccccc1)NCC12CC3CC(CC(C3)C1)C2. The van der Waals surface area contributed by atoms with E-state index in [0.29, 0.717) is 11.8 Å². The normalized spacial score (nSPS) is 32.4. The molecule has 1 aromatic rings. The van der Waals surface area contributed by atoms with Gasteiger partial charge >= 0.3 is 0 Å². The minimum Gasteiger partial charge on any atom is -0.354 e. The summed E-state index contributed by atoms with van der Waals surface area (Å²) in [7, 11) is 0. The third-order valence-electron chi connectivity index (χ3n) is 6.48. The highest BCUT2D eigenvalue weighted by Crippen LogP contribution is 2.59. The Labute approximate surface area is 149 Å². The number of rotatable bonds is 6. The monoisotopic (exact) mass is 340 g/mol. The van der Waals surface area contributed by atoms with Crippen LogP contribution < -0.4 is 10.6 Å². The fourth-order valence-electron chi connectivity index (χ4n) is 5.88. The lowest BCUT2D eigenvalue weighted by molar-refractivity contribution is -0.126. The van der Waals surface area contributed by atoms with E-state index in [-0.39, 0.29) is 18.4 Å². The second-order valence-corrected chi connectivity index (χ2v) is 8.63. The maximum absolute atomic E-state index is 12.2. The first-order valence-electron chi connectivity index (χ1n) is 9.68. The average Bonchev–Trinajstić information content (AvgIpc) is 2.58. The summed E-state index contributed by atoms with van der Waals surface area (Å²) in [6, 6.07) is 9.61. The van der Waals surface area contributed by atoms with Crippen LogP contribution in [0.3, 0.4) is 0 Å². The number of carbonyl (C=O) groups excluding carboxylic acids is 2. The van der Waals surface area contributed by atoms with E-state index in [4.69, 9.17) is 0 Å². The first kappa shape index (κ1) is 16.6. The molecular weight excluding hydrogens is 312 g/mol. The maximum atomic E-state index is 12.2. The van der Waals surface area contributed by atoms with Gasteiger partial charge in [-0.15, -0.1) is 0 Å². The van der Waals surface area contributed by atoms with Crippen molar-refractivity contribution in [3.05, 3.63) is 35.9 Å². The van der Waals surface area contributed by atoms with Crippen molar-refractivity contribution in [2.75, 3.05) is 13.1 Å². The molecule has 0 radical (unpaired) electrons. The van der Waals surface area contributed by atoms with Crippen molar-refractivity contribution in [1.29, 1.82) is 0 Å². The van der Waals surface area contributed by atoms with E-state index < -0.39 is 0 Å². The zero-order chi connectivity index (χ0) is 17.3. The second kappa shape index (κ2) is 6.81. The predicted octanol–water partition coefficient (Wildman–Crippen LogP) is 2.68. The third kappa shape index (κ3) is 3.88. The van der Waals surface area contributed by atoms with E-state index in [9.17, 15) is 9.59 Å². The summed E-state index contributed by atoms with van der Waals surface area (Å²) >= 11 is 0. The van der Waals surface area contributed by atoms with Crippen LogP contribution in [0.25, 0.3) is 0 Å². The number of nitrogens with one attached hydrogen (secondary N) is 2. The Morgan fingerprint density at radius 1 is 0.880 bits per heavy atom. The highest BCUT2D eigenvalue weighted by molar-refractivity contribution is 5.85. The Bertz CT molecular complexity index is 605. The molecule has 4 aliphatic rings. The molecule has 2 amide bonds. The van der Waals surface area contributed by atoms with Crippen LogP contribution in [0.15, 0.2) is 30.3 Å². The summed E-state index contributed by atoms with van der Waals surface area (Å²) in [5.41, 5.74) is 1.31. The summed E-state index contributed by atoms with van der Waals surface area (Å²) in [6.45, 7) is 0.877. The number of hydrogen-bond donors (Lipinski definition) is 2. The van der Waals surface area contributed by atoms with Gasteiger partial charge in [0.2, 0.25) is 11.8 Å². The van der Waals surface area contributed by atoms with Crippen LogP contribution in [0.2, 0.25) is 0 Å². The van der Waals surface area contributed by atoms with E-state index in [2.05, 4.69) is 10.6 Å². The first-order chi connectivity index (χ1) is 12.1. The fourth-order valence-corrected chi connectivity index (χ4v) is 5.88. The molecule has 0 unspecified atom stereocenters. The van der Waals surface area contributed by atoms with Gasteiger partial charge in [0.25, 0.3) is 0 Å². The summed E-state index contributed by atoms with van der Waals surface area (Å²) in [4.78, 5) is 24.1. The highest BCUT2D eigenvalue weighted by Gasteiger charge is 2.50. The molecule has 4 nitrogen and oxygen atoms in total. The first-order valence-corrected chi connectivity index (χ1v) is 9.68. The van der Waals surface area contributed by atoms with Crippen LogP contribution in [-0.2, 0) is 16.0 Å². The van der Waals surface area contributed by atoms with E-state index in [1.54, 1.807) is 0 Å². The van der Waals surface area contributed by atoms with Crippen LogP contribution in [-0.4, -0.2) is 24.9 Å². The molecule has 0 saturated heterocycles. The van der Waals surface area contributed by atoms with Gasteiger partial charge in [-0.3, -0.25) is 9.59 Å². The van der Waals surface area contributed by atoms with Gasteiger partial charge in [-0.2, -0.15) is 0 Å². The molecule has 4 saturated carbocycles. The molecule has 0 aliphatic heterocycles. The van der Waals surface area contributed by atoms with Crippen molar-refractivity contribution < 1.29 is 9.59 Å². The van der Waals surface area contributed by atoms with E-state index >= 15 is 0 Å². The summed E-state index contributed by atoms with van der Waals surface area (Å²) in [6.07, 6.45) is 8.45. The van der Waals surface area contributed by atoms with Gasteiger partial charge in [0.15, 0.2) is 0 Å². The number of benzene rings is 1. The van der Waals surface area contributed by atoms with Gasteiger partial charge < -0.3 is 10.6 Å². The molecule has 4 heteroatoms. The lowest BCUT2D eigenvalue weighted by Crippen LogP contribution is -2.52. The van der Waals surface area contributed by atoms with Crippen molar-refractivity contribution in [3.63, 3.8) is 0 Å². The standard InChI is InChI=1S/C21H28N2O2/c24-19(9-15-4-2-1-3-5-15)22-13-20(25)23-14-21-10-16-6-17(11-21)8-18(7-16)12-21/h1-5,16-18H,6-14H2,(H,22,24)(H,23,25). The zero-order valence-electron chi connectivity index (χ0n) is 14.8. The molecule has 0 spiro atoms. The number of carbonyl (C=O) groups is 2. The van der Waals surface area contributed by atoms with Crippen LogP contribution in [0.5, 0.6) is 0 Å². The second-order valence-electron chi connectivity index (χ2n) is 8.63. The zero-order valence-corrected chi connectivity index (χ0v) is 14.8. The molecule has 2 N–H and O–H groups in total. The summed E-state index contributed by atoms with van der Waals surface area (Å²) < 4.78 is 0. The Kier molecular flexibility index (Phi) is 4.53. The van der Waals surface area contributed by atoms with E-state index in [0.717, 1.165) is 29.9 Å². The van der Waals surface area contributed by atoms with E-state index in [1.165, 1.54) is 38.5 Å². The van der Waals surface area contributed by atoms with Crippen LogP contribution >= 0.6 is 0 Å². The minimum atomic E-state index is -0.101. The van der Waals surface area contributed by atoms with Crippen molar-refractivity contribution in [2.24, 2.45) is 23.2 Å². The van der Waals surface area contributed by atoms with Crippen molar-refractivity contribution >= 4 is 11.8 Å². The number of amides is 2. The van der Waals surface area contributed by atoms with Crippen LogP contribution in [0.1, 0.15) is 44.1 Å². The summed E-state index contributed by atoms with van der Waals surface area (Å²) in [5.74, 6) is 2.53.